The zero-order valence-corrected chi connectivity index (χ0v) is 20.5. The second-order valence-corrected chi connectivity index (χ2v) is 10.6. The first-order chi connectivity index (χ1) is 16.5. The average molecular weight is 478 g/mol. The summed E-state index contributed by atoms with van der Waals surface area (Å²) < 4.78 is 6.91. The average Bonchev–Trinajstić information content (AvgIpc) is 3.49. The number of carbonyl (C=O) groups is 1. The van der Waals surface area contributed by atoms with Gasteiger partial charge < -0.3 is 10.1 Å². The number of nitrogens with zero attached hydrogens (tertiary/aromatic N) is 2. The zero-order valence-electron chi connectivity index (χ0n) is 19.7. The van der Waals surface area contributed by atoms with Crippen molar-refractivity contribution >= 4 is 28.6 Å². The van der Waals surface area contributed by atoms with Gasteiger partial charge in [0.25, 0.3) is 5.56 Å². The molecule has 2 aliphatic rings. The second kappa shape index (κ2) is 9.82. The minimum Gasteiger partial charge on any atom is -0.497 e. The number of ether oxygens (including phenoxy) is 1. The molecule has 7 heteroatoms. The fourth-order valence-corrected chi connectivity index (χ4v) is 6.56. The number of methoxy groups -OCH3 is 1. The first-order valence-corrected chi connectivity index (χ1v) is 13.0. The number of aromatic nitrogens is 2. The maximum atomic E-state index is 13.3. The smallest absolute Gasteiger partial charge is 0.262 e. The Morgan fingerprint density at radius 3 is 2.68 bits per heavy atom. The van der Waals surface area contributed by atoms with E-state index in [0.717, 1.165) is 23.1 Å². The van der Waals surface area contributed by atoms with Crippen molar-refractivity contribution in [3.63, 3.8) is 0 Å². The molecule has 5 rings (SSSR count). The normalized spacial score (nSPS) is 22.1. The summed E-state index contributed by atoms with van der Waals surface area (Å²) in [6.07, 6.45) is 5.24. The quantitative estimate of drug-likeness (QED) is 0.382. The van der Waals surface area contributed by atoms with Crippen molar-refractivity contribution < 1.29 is 9.53 Å². The van der Waals surface area contributed by atoms with E-state index in [4.69, 9.17) is 9.72 Å². The number of hydrogen-bond acceptors (Lipinski definition) is 5. The highest BCUT2D eigenvalue weighted by Crippen LogP contribution is 2.49. The van der Waals surface area contributed by atoms with Gasteiger partial charge in [-0.3, -0.25) is 14.2 Å². The fraction of sp³-hybridized carbons (Fsp3) is 0.444. The van der Waals surface area contributed by atoms with Crippen LogP contribution < -0.4 is 15.6 Å². The molecule has 4 unspecified atom stereocenters. The van der Waals surface area contributed by atoms with Crippen LogP contribution in [0.4, 0.5) is 0 Å². The van der Waals surface area contributed by atoms with Crippen LogP contribution in [0.1, 0.15) is 38.2 Å². The Hall–Kier alpha value is -2.80. The van der Waals surface area contributed by atoms with Crippen molar-refractivity contribution in [2.24, 2.45) is 17.8 Å². The molecule has 2 aromatic carbocycles. The minimum atomic E-state index is -0.0975. The van der Waals surface area contributed by atoms with Gasteiger partial charge in [0.1, 0.15) is 5.75 Å². The predicted octanol–water partition coefficient (Wildman–Crippen LogP) is 4.49. The Morgan fingerprint density at radius 2 is 1.97 bits per heavy atom. The molecule has 2 aliphatic carbocycles. The molecule has 3 aromatic rings. The zero-order chi connectivity index (χ0) is 23.7. The lowest BCUT2D eigenvalue weighted by Gasteiger charge is -2.28. The molecule has 6 nitrogen and oxygen atoms in total. The van der Waals surface area contributed by atoms with Gasteiger partial charge in [0.2, 0.25) is 5.91 Å². The summed E-state index contributed by atoms with van der Waals surface area (Å²) in [5, 5.41) is 4.36. The van der Waals surface area contributed by atoms with Crippen LogP contribution in [0.2, 0.25) is 0 Å². The van der Waals surface area contributed by atoms with Crippen molar-refractivity contribution in [3.8, 4) is 5.75 Å². The summed E-state index contributed by atoms with van der Waals surface area (Å²) in [7, 11) is 1.63. The number of thioether (sulfide) groups is 1. The van der Waals surface area contributed by atoms with E-state index in [-0.39, 0.29) is 23.3 Å². The summed E-state index contributed by atoms with van der Waals surface area (Å²) in [6, 6.07) is 15.2. The minimum absolute atomic E-state index is 0.00122. The van der Waals surface area contributed by atoms with Gasteiger partial charge in [0.05, 0.1) is 30.3 Å². The number of rotatable bonds is 8. The van der Waals surface area contributed by atoms with Crippen LogP contribution in [0.25, 0.3) is 10.9 Å². The van der Waals surface area contributed by atoms with Crippen molar-refractivity contribution in [2.75, 3.05) is 12.9 Å². The van der Waals surface area contributed by atoms with Crippen molar-refractivity contribution in [3.05, 3.63) is 64.4 Å². The monoisotopic (exact) mass is 477 g/mol. The number of para-hydroxylation sites is 1. The van der Waals surface area contributed by atoms with E-state index in [9.17, 15) is 9.59 Å². The third kappa shape index (κ3) is 4.71. The van der Waals surface area contributed by atoms with E-state index < -0.39 is 0 Å². The molecule has 0 radical (unpaired) electrons. The van der Waals surface area contributed by atoms with Gasteiger partial charge in [-0.2, -0.15) is 0 Å². The van der Waals surface area contributed by atoms with Gasteiger partial charge in [0, 0.05) is 6.04 Å². The van der Waals surface area contributed by atoms with Crippen LogP contribution >= 0.6 is 11.8 Å². The summed E-state index contributed by atoms with van der Waals surface area (Å²) in [5.74, 6) is 3.23. The summed E-state index contributed by atoms with van der Waals surface area (Å²) in [6.45, 7) is 2.52. The fourth-order valence-electron chi connectivity index (χ4n) is 5.75. The van der Waals surface area contributed by atoms with Crippen LogP contribution in [-0.4, -0.2) is 34.4 Å². The van der Waals surface area contributed by atoms with E-state index in [1.807, 2.05) is 42.5 Å². The number of fused-ring (bicyclic) bond motifs is 3. The molecule has 0 aliphatic heterocycles. The van der Waals surface area contributed by atoms with Crippen LogP contribution in [0.5, 0.6) is 5.75 Å². The van der Waals surface area contributed by atoms with E-state index in [2.05, 4.69) is 12.2 Å². The number of carbonyl (C=O) groups excluding carboxylic acids is 1. The van der Waals surface area contributed by atoms with Gasteiger partial charge in [-0.05, 0) is 73.8 Å². The highest BCUT2D eigenvalue weighted by molar-refractivity contribution is 7.99. The first-order valence-electron chi connectivity index (χ1n) is 12.1. The highest BCUT2D eigenvalue weighted by atomic mass is 32.2. The van der Waals surface area contributed by atoms with Crippen LogP contribution in [0.15, 0.2) is 58.5 Å². The van der Waals surface area contributed by atoms with Crippen LogP contribution in [-0.2, 0) is 11.3 Å². The van der Waals surface area contributed by atoms with E-state index in [0.29, 0.717) is 28.5 Å². The van der Waals surface area contributed by atoms with Crippen molar-refractivity contribution in [1.82, 2.24) is 14.9 Å². The molecule has 1 heterocycles. The Kier molecular flexibility index (Phi) is 6.63. The standard InChI is InChI=1S/C27H31N3O3S/c1-17(23-14-19-7-10-20(23)13-19)28-25(31)16-34-27-29-24-6-4-3-5-22(24)26(32)30(27)15-18-8-11-21(33-2)12-9-18/h3-6,8-9,11-12,17,19-20,23H,7,10,13-16H2,1-2H3,(H,28,31). The molecule has 1 aromatic heterocycles. The SMILES string of the molecule is COc1ccc(Cn2c(SCC(=O)NC(C)C3CC4CCC3C4)nc3ccccc3c2=O)cc1. The maximum absolute atomic E-state index is 13.3. The van der Waals surface area contributed by atoms with Gasteiger partial charge in [-0.15, -0.1) is 0 Å². The third-order valence-electron chi connectivity index (χ3n) is 7.48. The molecule has 178 valence electrons. The third-order valence-corrected chi connectivity index (χ3v) is 8.46. The van der Waals surface area contributed by atoms with Gasteiger partial charge >= 0.3 is 0 Å². The number of benzene rings is 2. The maximum Gasteiger partial charge on any atom is 0.262 e. The van der Waals surface area contributed by atoms with Gasteiger partial charge in [-0.1, -0.05) is 42.4 Å². The highest BCUT2D eigenvalue weighted by Gasteiger charge is 2.42. The lowest BCUT2D eigenvalue weighted by atomic mass is 9.84. The first kappa shape index (κ1) is 23.0. The molecule has 0 saturated heterocycles. The van der Waals surface area contributed by atoms with Gasteiger partial charge in [0.15, 0.2) is 5.16 Å². The second-order valence-electron chi connectivity index (χ2n) is 9.63. The van der Waals surface area contributed by atoms with Crippen molar-refractivity contribution in [2.45, 2.75) is 50.4 Å². The number of amides is 1. The Bertz CT molecular complexity index is 1240. The molecule has 4 atom stereocenters. The number of hydrogen-bond donors (Lipinski definition) is 1. The van der Waals surface area contributed by atoms with E-state index >= 15 is 0 Å². The summed E-state index contributed by atoms with van der Waals surface area (Å²) in [4.78, 5) is 30.9. The molecule has 1 N–H and O–H groups in total. The Labute approximate surface area is 204 Å². The Balaban J connectivity index is 1.33. The Morgan fingerprint density at radius 1 is 1.18 bits per heavy atom. The molecular weight excluding hydrogens is 446 g/mol. The van der Waals surface area contributed by atoms with Gasteiger partial charge in [-0.25, -0.2) is 4.98 Å². The molecule has 0 spiro atoms. The van der Waals surface area contributed by atoms with Crippen molar-refractivity contribution in [1.29, 1.82) is 0 Å². The number of nitrogens with one attached hydrogen (secondary N) is 1. The molecule has 2 fully saturated rings. The molecule has 1 amide bonds. The lowest BCUT2D eigenvalue weighted by Crippen LogP contribution is -2.41. The van der Waals surface area contributed by atoms with E-state index in [1.165, 1.54) is 37.4 Å². The molecule has 34 heavy (non-hydrogen) atoms. The van der Waals surface area contributed by atoms with Crippen LogP contribution in [0, 0.1) is 17.8 Å². The largest absolute Gasteiger partial charge is 0.497 e. The molecule has 2 saturated carbocycles. The summed E-state index contributed by atoms with van der Waals surface area (Å²) >= 11 is 1.33. The molecular formula is C27H31N3O3S. The molecule has 2 bridgehead atoms. The van der Waals surface area contributed by atoms with E-state index in [1.54, 1.807) is 17.7 Å². The topological polar surface area (TPSA) is 73.2 Å². The van der Waals surface area contributed by atoms with Crippen LogP contribution in [0.3, 0.4) is 0 Å². The summed E-state index contributed by atoms with van der Waals surface area (Å²) in [5.41, 5.74) is 1.52. The lowest BCUT2D eigenvalue weighted by molar-refractivity contribution is -0.119. The predicted molar refractivity (Wildman–Crippen MR) is 135 cm³/mol.